The van der Waals surface area contributed by atoms with Crippen molar-refractivity contribution in [2.24, 2.45) is 7.05 Å². The minimum atomic E-state index is -3.72. The molecule has 4 aromatic rings. The largest absolute Gasteiger partial charge is 0.466 e. The van der Waals surface area contributed by atoms with Crippen molar-refractivity contribution in [2.45, 2.75) is 51.5 Å². The topological polar surface area (TPSA) is 97.6 Å². The van der Waals surface area contributed by atoms with Crippen molar-refractivity contribution in [1.82, 2.24) is 19.3 Å². The summed E-state index contributed by atoms with van der Waals surface area (Å²) in [6, 6.07) is 17.3. The van der Waals surface area contributed by atoms with E-state index in [1.807, 2.05) is 70.3 Å². The second-order valence-electron chi connectivity index (χ2n) is 10.5. The first-order valence-corrected chi connectivity index (χ1v) is 15.5. The van der Waals surface area contributed by atoms with Crippen LogP contribution in [-0.4, -0.2) is 59.9 Å². The van der Waals surface area contributed by atoms with E-state index < -0.39 is 10.0 Å². The number of carbonyl (C=O) groups excluding carboxylic acids is 1. The van der Waals surface area contributed by atoms with E-state index in [-0.39, 0.29) is 24.9 Å². The van der Waals surface area contributed by atoms with Crippen molar-refractivity contribution < 1.29 is 17.9 Å². The molecular formula is C31H37N5O4S. The quantitative estimate of drug-likeness (QED) is 0.281. The van der Waals surface area contributed by atoms with Gasteiger partial charge in [-0.05, 0) is 73.7 Å². The molecule has 1 atom stereocenters. The van der Waals surface area contributed by atoms with Gasteiger partial charge in [0.25, 0.3) is 0 Å². The van der Waals surface area contributed by atoms with E-state index in [4.69, 9.17) is 4.74 Å². The molecule has 10 heteroatoms. The lowest BCUT2D eigenvalue weighted by atomic mass is 9.84. The van der Waals surface area contributed by atoms with Crippen molar-refractivity contribution in [2.75, 3.05) is 31.1 Å². The molecule has 1 aliphatic heterocycles. The van der Waals surface area contributed by atoms with E-state index in [1.165, 1.54) is 0 Å². The molecule has 216 valence electrons. The highest BCUT2D eigenvalue weighted by Gasteiger charge is 2.32. The van der Waals surface area contributed by atoms with E-state index in [9.17, 15) is 13.2 Å². The molecule has 0 spiro atoms. The van der Waals surface area contributed by atoms with Crippen LogP contribution in [0.4, 0.5) is 5.69 Å². The van der Waals surface area contributed by atoms with Crippen molar-refractivity contribution in [3.63, 3.8) is 0 Å². The van der Waals surface area contributed by atoms with Crippen LogP contribution in [0.5, 0.6) is 0 Å². The smallest absolute Gasteiger partial charge is 0.306 e. The second-order valence-corrected chi connectivity index (χ2v) is 12.4. The van der Waals surface area contributed by atoms with Crippen molar-refractivity contribution in [3.8, 4) is 0 Å². The number of carbonyl (C=O) groups is 1. The molecule has 0 amide bonds. The summed E-state index contributed by atoms with van der Waals surface area (Å²) in [6.45, 7) is 10.1. The van der Waals surface area contributed by atoms with Crippen LogP contribution in [0.3, 0.4) is 0 Å². The molecule has 0 radical (unpaired) electrons. The number of aromatic nitrogens is 3. The number of para-hydroxylation sites is 1. The van der Waals surface area contributed by atoms with Gasteiger partial charge < -0.3 is 9.64 Å². The minimum Gasteiger partial charge on any atom is -0.466 e. The fraction of sp³-hybridized carbons (Fsp3) is 0.387. The molecule has 1 aliphatic rings. The molecule has 9 nitrogen and oxygen atoms in total. The standard InChI is InChI=1S/C31H37N5O4S/c1-6-35-16-17-36(41(38,39)29-11-9-8-10-27(29)35)20-24-18-23(13-12-21(24)3)26(19-30(37)40-7-2)25-14-15-28-31(22(25)4)32-33-34(28)5/h8-15,18,26H,6-7,16-17,19-20H2,1-5H3. The molecule has 1 unspecified atom stereocenters. The fourth-order valence-electron chi connectivity index (χ4n) is 5.73. The van der Waals surface area contributed by atoms with E-state index in [1.54, 1.807) is 28.0 Å². The van der Waals surface area contributed by atoms with Crippen LogP contribution >= 0.6 is 0 Å². The Morgan fingerprint density at radius 3 is 2.59 bits per heavy atom. The van der Waals surface area contributed by atoms with Gasteiger partial charge in [-0.15, -0.1) is 5.10 Å². The summed E-state index contributed by atoms with van der Waals surface area (Å²) in [5.41, 5.74) is 7.19. The molecule has 0 fully saturated rings. The zero-order valence-corrected chi connectivity index (χ0v) is 25.1. The number of sulfonamides is 1. The van der Waals surface area contributed by atoms with Crippen LogP contribution in [0, 0.1) is 13.8 Å². The van der Waals surface area contributed by atoms with Gasteiger partial charge >= 0.3 is 5.97 Å². The third kappa shape index (κ3) is 5.46. The predicted molar refractivity (Wildman–Crippen MR) is 159 cm³/mol. The summed E-state index contributed by atoms with van der Waals surface area (Å²) in [6.07, 6.45) is 0.157. The number of nitrogens with zero attached hydrogens (tertiary/aromatic N) is 5. The monoisotopic (exact) mass is 575 g/mol. The lowest BCUT2D eigenvalue weighted by Crippen LogP contribution is -2.34. The summed E-state index contributed by atoms with van der Waals surface area (Å²) in [5.74, 6) is -0.582. The molecule has 3 aromatic carbocycles. The molecule has 0 aliphatic carbocycles. The third-order valence-corrected chi connectivity index (χ3v) is 9.97. The Morgan fingerprint density at radius 1 is 1.05 bits per heavy atom. The number of likely N-dealkylation sites (N-methyl/N-ethyl adjacent to an activating group) is 1. The molecule has 1 aromatic heterocycles. The molecule has 5 rings (SSSR count). The average molecular weight is 576 g/mol. The van der Waals surface area contributed by atoms with Gasteiger partial charge in [-0.1, -0.05) is 41.6 Å². The number of hydrogen-bond donors (Lipinski definition) is 0. The summed E-state index contributed by atoms with van der Waals surface area (Å²) in [7, 11) is -1.86. The Labute approximate surface area is 241 Å². The highest BCUT2D eigenvalue weighted by Crippen LogP contribution is 2.36. The molecule has 0 N–H and O–H groups in total. The SMILES string of the molecule is CCOC(=O)CC(c1ccc(C)c(CN2CCN(CC)c3ccccc3S2(=O)=O)c1)c1ccc2c(nnn2C)c1C. The second kappa shape index (κ2) is 11.6. The van der Waals surface area contributed by atoms with Gasteiger partial charge in [-0.2, -0.15) is 4.31 Å². The fourth-order valence-corrected chi connectivity index (χ4v) is 7.35. The summed E-state index contributed by atoms with van der Waals surface area (Å²) < 4.78 is 36.4. The highest BCUT2D eigenvalue weighted by molar-refractivity contribution is 7.89. The maximum Gasteiger partial charge on any atom is 0.306 e. The Morgan fingerprint density at radius 2 is 1.83 bits per heavy atom. The van der Waals surface area contributed by atoms with E-state index >= 15 is 0 Å². The number of anilines is 1. The van der Waals surface area contributed by atoms with Crippen molar-refractivity contribution in [3.05, 3.63) is 82.4 Å². The lowest BCUT2D eigenvalue weighted by Gasteiger charge is -2.24. The third-order valence-electron chi connectivity index (χ3n) is 8.08. The lowest BCUT2D eigenvalue weighted by molar-refractivity contribution is -0.143. The van der Waals surface area contributed by atoms with Crippen LogP contribution in [-0.2, 0) is 33.1 Å². The summed E-state index contributed by atoms with van der Waals surface area (Å²) in [5, 5.41) is 8.52. The average Bonchev–Trinajstić information content (AvgIpc) is 3.29. The molecule has 0 saturated carbocycles. The minimum absolute atomic E-state index is 0.157. The summed E-state index contributed by atoms with van der Waals surface area (Å²) in [4.78, 5) is 15.2. The van der Waals surface area contributed by atoms with E-state index in [0.717, 1.165) is 51.1 Å². The number of rotatable bonds is 8. The van der Waals surface area contributed by atoms with Gasteiger partial charge in [0.1, 0.15) is 10.4 Å². The molecule has 0 saturated heterocycles. The maximum absolute atomic E-state index is 13.9. The van der Waals surface area contributed by atoms with Gasteiger partial charge in [-0.25, -0.2) is 13.1 Å². The number of ether oxygens (including phenoxy) is 1. The van der Waals surface area contributed by atoms with E-state index in [2.05, 4.69) is 15.2 Å². The first-order chi connectivity index (χ1) is 19.6. The Hall–Kier alpha value is -3.76. The van der Waals surface area contributed by atoms with Gasteiger partial charge in [-0.3, -0.25) is 4.79 Å². The molecular weight excluding hydrogens is 538 g/mol. The van der Waals surface area contributed by atoms with Gasteiger partial charge in [0.15, 0.2) is 0 Å². The predicted octanol–water partition coefficient (Wildman–Crippen LogP) is 4.70. The van der Waals surface area contributed by atoms with Gasteiger partial charge in [0, 0.05) is 39.1 Å². The number of fused-ring (bicyclic) bond motifs is 2. The first-order valence-electron chi connectivity index (χ1n) is 14.0. The zero-order valence-electron chi connectivity index (χ0n) is 24.3. The summed E-state index contributed by atoms with van der Waals surface area (Å²) >= 11 is 0. The van der Waals surface area contributed by atoms with Crippen LogP contribution in [0.25, 0.3) is 11.0 Å². The molecule has 41 heavy (non-hydrogen) atoms. The normalized spacial score (nSPS) is 15.9. The molecule has 0 bridgehead atoms. The van der Waals surface area contributed by atoms with Crippen LogP contribution in [0.1, 0.15) is 54.0 Å². The number of hydrogen-bond acceptors (Lipinski definition) is 7. The van der Waals surface area contributed by atoms with Gasteiger partial charge in [0.05, 0.1) is 24.2 Å². The van der Waals surface area contributed by atoms with Crippen LogP contribution in [0.2, 0.25) is 0 Å². The van der Waals surface area contributed by atoms with Gasteiger partial charge in [0.2, 0.25) is 10.0 Å². The first kappa shape index (κ1) is 28.8. The number of esters is 1. The number of aryl methyl sites for hydroxylation is 3. The Kier molecular flexibility index (Phi) is 8.15. The number of benzene rings is 3. The Bertz CT molecular complexity index is 1700. The van der Waals surface area contributed by atoms with Crippen molar-refractivity contribution >= 4 is 32.7 Å². The maximum atomic E-state index is 13.9. The zero-order chi connectivity index (χ0) is 29.3. The van der Waals surface area contributed by atoms with Crippen LogP contribution < -0.4 is 4.90 Å². The Balaban J connectivity index is 1.55. The van der Waals surface area contributed by atoms with Crippen molar-refractivity contribution in [1.29, 1.82) is 0 Å². The highest BCUT2D eigenvalue weighted by atomic mass is 32.2. The molecule has 2 heterocycles. The van der Waals surface area contributed by atoms with Crippen LogP contribution in [0.15, 0.2) is 59.5 Å². The van der Waals surface area contributed by atoms with E-state index in [0.29, 0.717) is 24.6 Å².